The van der Waals surface area contributed by atoms with E-state index < -0.39 is 0 Å². The summed E-state index contributed by atoms with van der Waals surface area (Å²) < 4.78 is 2.01. The van der Waals surface area contributed by atoms with Crippen LogP contribution < -0.4 is 5.32 Å². The molecule has 0 aliphatic carbocycles. The van der Waals surface area contributed by atoms with Gasteiger partial charge in [0.15, 0.2) is 5.16 Å². The van der Waals surface area contributed by atoms with Gasteiger partial charge in [-0.25, -0.2) is 4.98 Å². The van der Waals surface area contributed by atoms with E-state index in [0.717, 1.165) is 16.4 Å². The normalized spacial score (nSPS) is 12.2. The number of carbonyl (C=O) groups is 1. The number of carbonyl (C=O) groups excluding carboxylic acids is 1. The summed E-state index contributed by atoms with van der Waals surface area (Å²) >= 11 is 1.41. The summed E-state index contributed by atoms with van der Waals surface area (Å²) in [6.07, 6.45) is 4.22. The Bertz CT molecular complexity index is 670. The summed E-state index contributed by atoms with van der Waals surface area (Å²) in [7, 11) is 0. The van der Waals surface area contributed by atoms with Gasteiger partial charge in [0.1, 0.15) is 0 Å². The number of aliphatic hydroxyl groups excluding tert-OH is 1. The maximum atomic E-state index is 11.9. The van der Waals surface area contributed by atoms with Crippen molar-refractivity contribution in [3.05, 3.63) is 41.7 Å². The molecule has 2 rings (SSSR count). The average Bonchev–Trinajstić information content (AvgIpc) is 2.96. The molecular weight excluding hydrogens is 310 g/mol. The lowest BCUT2D eigenvalue weighted by atomic mass is 10.1. The number of hydrogen-bond donors (Lipinski definition) is 2. The van der Waals surface area contributed by atoms with E-state index in [1.54, 1.807) is 6.20 Å². The van der Waals surface area contributed by atoms with Crippen molar-refractivity contribution in [3.8, 4) is 5.69 Å². The fourth-order valence-electron chi connectivity index (χ4n) is 2.27. The van der Waals surface area contributed by atoms with E-state index in [0.29, 0.717) is 12.2 Å². The summed E-state index contributed by atoms with van der Waals surface area (Å²) in [6.45, 7) is 6.08. The first kappa shape index (κ1) is 17.6. The zero-order chi connectivity index (χ0) is 16.8. The Hall–Kier alpha value is -1.79. The molecule has 1 heterocycles. The molecule has 1 unspecified atom stereocenters. The Labute approximate surface area is 141 Å². The van der Waals surface area contributed by atoms with E-state index in [4.69, 9.17) is 5.11 Å². The van der Waals surface area contributed by atoms with E-state index in [2.05, 4.69) is 42.3 Å². The number of nitrogens with one attached hydrogen (secondary N) is 1. The second-order valence-electron chi connectivity index (χ2n) is 5.64. The molecule has 1 amide bonds. The van der Waals surface area contributed by atoms with Gasteiger partial charge in [0, 0.05) is 25.0 Å². The molecule has 2 N–H and O–H groups in total. The third-order valence-electron chi connectivity index (χ3n) is 3.53. The summed E-state index contributed by atoms with van der Waals surface area (Å²) in [5.74, 6) is 0.254. The second-order valence-corrected chi connectivity index (χ2v) is 6.58. The van der Waals surface area contributed by atoms with Crippen LogP contribution in [0.15, 0.2) is 35.7 Å². The van der Waals surface area contributed by atoms with Gasteiger partial charge in [0.2, 0.25) is 5.91 Å². The maximum Gasteiger partial charge on any atom is 0.230 e. The maximum absolute atomic E-state index is 11.9. The fraction of sp³-hybridized carbons (Fsp3) is 0.412. The third-order valence-corrected chi connectivity index (χ3v) is 4.50. The monoisotopic (exact) mass is 333 g/mol. The lowest BCUT2D eigenvalue weighted by Gasteiger charge is -2.13. The van der Waals surface area contributed by atoms with Gasteiger partial charge in [0.25, 0.3) is 0 Å². The first-order chi connectivity index (χ1) is 11.0. The highest BCUT2D eigenvalue weighted by molar-refractivity contribution is 7.99. The number of hydrogen-bond acceptors (Lipinski definition) is 4. The number of aromatic nitrogens is 2. The van der Waals surface area contributed by atoms with Gasteiger partial charge in [0.05, 0.1) is 11.4 Å². The van der Waals surface area contributed by atoms with Crippen LogP contribution in [0.5, 0.6) is 0 Å². The van der Waals surface area contributed by atoms with Crippen LogP contribution >= 0.6 is 11.8 Å². The molecule has 5 nitrogen and oxygen atoms in total. The number of benzene rings is 1. The molecule has 0 saturated carbocycles. The SMILES string of the molecule is Cc1ccc(C)c(-n2ccnc2SCC(=O)NC(C)CCO)c1. The van der Waals surface area contributed by atoms with Crippen molar-refractivity contribution >= 4 is 17.7 Å². The third kappa shape index (κ3) is 4.84. The molecule has 2 aromatic rings. The molecule has 0 saturated heterocycles. The minimum Gasteiger partial charge on any atom is -0.396 e. The molecule has 0 fully saturated rings. The number of imidazole rings is 1. The van der Waals surface area contributed by atoms with E-state index in [-0.39, 0.29) is 18.6 Å². The van der Waals surface area contributed by atoms with Crippen LogP contribution in [-0.4, -0.2) is 39.0 Å². The largest absolute Gasteiger partial charge is 0.396 e. The smallest absolute Gasteiger partial charge is 0.230 e. The zero-order valence-corrected chi connectivity index (χ0v) is 14.6. The predicted octanol–water partition coefficient (Wildman–Crippen LogP) is 2.47. The Balaban J connectivity index is 2.04. The van der Waals surface area contributed by atoms with Gasteiger partial charge in [-0.15, -0.1) is 0 Å². The molecule has 1 aromatic heterocycles. The van der Waals surface area contributed by atoms with Gasteiger partial charge in [-0.1, -0.05) is 23.9 Å². The van der Waals surface area contributed by atoms with Crippen LogP contribution in [0.1, 0.15) is 24.5 Å². The van der Waals surface area contributed by atoms with Crippen molar-refractivity contribution in [2.45, 2.75) is 38.4 Å². The van der Waals surface area contributed by atoms with Crippen LogP contribution in [-0.2, 0) is 4.79 Å². The summed E-state index contributed by atoms with van der Waals surface area (Å²) in [4.78, 5) is 16.3. The summed E-state index contributed by atoms with van der Waals surface area (Å²) in [5.41, 5.74) is 3.43. The molecule has 0 aliphatic heterocycles. The number of aryl methyl sites for hydroxylation is 2. The fourth-order valence-corrected chi connectivity index (χ4v) is 3.05. The summed E-state index contributed by atoms with van der Waals surface area (Å²) in [5, 5.41) is 12.5. The first-order valence-corrected chi connectivity index (χ1v) is 8.64. The molecule has 0 aliphatic rings. The molecule has 124 valence electrons. The molecular formula is C17H23N3O2S. The number of rotatable bonds is 7. The van der Waals surface area contributed by atoms with E-state index in [1.165, 1.54) is 17.3 Å². The summed E-state index contributed by atoms with van der Waals surface area (Å²) in [6, 6.07) is 6.26. The van der Waals surface area contributed by atoms with E-state index in [1.807, 2.05) is 17.7 Å². The predicted molar refractivity (Wildman–Crippen MR) is 93.1 cm³/mol. The minimum absolute atomic E-state index is 0.0214. The highest BCUT2D eigenvalue weighted by Crippen LogP contribution is 2.23. The average molecular weight is 333 g/mol. The molecule has 0 radical (unpaired) electrons. The van der Waals surface area contributed by atoms with Crippen molar-refractivity contribution in [2.75, 3.05) is 12.4 Å². The molecule has 0 spiro atoms. The topological polar surface area (TPSA) is 67.2 Å². The first-order valence-electron chi connectivity index (χ1n) is 7.65. The van der Waals surface area contributed by atoms with Gasteiger partial charge < -0.3 is 10.4 Å². The van der Waals surface area contributed by atoms with Crippen LogP contribution in [0.2, 0.25) is 0 Å². The van der Waals surface area contributed by atoms with Crippen molar-refractivity contribution in [1.29, 1.82) is 0 Å². The zero-order valence-electron chi connectivity index (χ0n) is 13.7. The number of aliphatic hydroxyl groups is 1. The van der Waals surface area contributed by atoms with Gasteiger partial charge in [-0.3, -0.25) is 9.36 Å². The number of nitrogens with zero attached hydrogens (tertiary/aromatic N) is 2. The molecule has 0 bridgehead atoms. The lowest BCUT2D eigenvalue weighted by molar-refractivity contribution is -0.119. The van der Waals surface area contributed by atoms with Crippen molar-refractivity contribution < 1.29 is 9.90 Å². The highest BCUT2D eigenvalue weighted by atomic mass is 32.2. The van der Waals surface area contributed by atoms with Crippen LogP contribution in [0, 0.1) is 13.8 Å². The molecule has 23 heavy (non-hydrogen) atoms. The van der Waals surface area contributed by atoms with E-state index >= 15 is 0 Å². The second kappa shape index (κ2) is 8.17. The minimum atomic E-state index is -0.0496. The van der Waals surface area contributed by atoms with Crippen LogP contribution in [0.3, 0.4) is 0 Å². The van der Waals surface area contributed by atoms with Crippen LogP contribution in [0.4, 0.5) is 0 Å². The number of thioether (sulfide) groups is 1. The Morgan fingerprint density at radius 3 is 2.96 bits per heavy atom. The van der Waals surface area contributed by atoms with Crippen LogP contribution in [0.25, 0.3) is 5.69 Å². The van der Waals surface area contributed by atoms with E-state index in [9.17, 15) is 4.79 Å². The van der Waals surface area contributed by atoms with Crippen molar-refractivity contribution in [1.82, 2.24) is 14.9 Å². The van der Waals surface area contributed by atoms with Gasteiger partial charge in [-0.2, -0.15) is 0 Å². The van der Waals surface area contributed by atoms with Gasteiger partial charge >= 0.3 is 0 Å². The highest BCUT2D eigenvalue weighted by Gasteiger charge is 2.12. The molecule has 6 heteroatoms. The molecule has 1 aromatic carbocycles. The quantitative estimate of drug-likeness (QED) is 0.764. The molecule has 1 atom stereocenters. The standard InChI is InChI=1S/C17H23N3O2S/c1-12-4-5-13(2)15(10-12)20-8-7-18-17(20)23-11-16(22)19-14(3)6-9-21/h4-5,7-8,10,14,21H,6,9,11H2,1-3H3,(H,19,22). The lowest BCUT2D eigenvalue weighted by Crippen LogP contribution is -2.34. The Morgan fingerprint density at radius 1 is 1.43 bits per heavy atom. The van der Waals surface area contributed by atoms with Gasteiger partial charge in [-0.05, 0) is 44.4 Å². The Morgan fingerprint density at radius 2 is 2.22 bits per heavy atom. The number of amides is 1. The Kier molecular flexibility index (Phi) is 6.24. The van der Waals surface area contributed by atoms with Crippen molar-refractivity contribution in [3.63, 3.8) is 0 Å². The van der Waals surface area contributed by atoms with Crippen molar-refractivity contribution in [2.24, 2.45) is 0 Å².